The summed E-state index contributed by atoms with van der Waals surface area (Å²) in [4.78, 5) is 10.5. The summed E-state index contributed by atoms with van der Waals surface area (Å²) in [6, 6.07) is 0. The highest BCUT2D eigenvalue weighted by molar-refractivity contribution is 9.09. The van der Waals surface area contributed by atoms with Gasteiger partial charge in [-0.3, -0.25) is 10.2 Å². The van der Waals surface area contributed by atoms with Crippen molar-refractivity contribution in [3.63, 3.8) is 0 Å². The Kier molecular flexibility index (Phi) is 6.67. The van der Waals surface area contributed by atoms with Crippen molar-refractivity contribution in [2.45, 2.75) is 55.2 Å². The van der Waals surface area contributed by atoms with Gasteiger partial charge in [0, 0.05) is 12.1 Å². The van der Waals surface area contributed by atoms with Crippen LogP contribution in [0.25, 0.3) is 0 Å². The fraction of sp³-hybridized carbons (Fsp3) is 0.692. The average Bonchev–Trinajstić information content (AvgIpc) is 2.68. The molecule has 0 aromatic heterocycles. The van der Waals surface area contributed by atoms with E-state index in [2.05, 4.69) is 15.9 Å². The minimum absolute atomic E-state index is 0.125. The summed E-state index contributed by atoms with van der Waals surface area (Å²) in [6.45, 7) is 0. The summed E-state index contributed by atoms with van der Waals surface area (Å²) in [6.07, 6.45) is -9.10. The number of hydrogen-bond donors (Lipinski definition) is 2. The molecule has 0 radical (unpaired) electrons. The van der Waals surface area contributed by atoms with E-state index in [0.717, 1.165) is 0 Å². The molecule has 2 aliphatic rings. The fourth-order valence-electron chi connectivity index (χ4n) is 2.17. The van der Waals surface area contributed by atoms with Crippen LogP contribution >= 0.6 is 15.9 Å². The molecule has 0 heterocycles. The molecule has 0 saturated heterocycles. The van der Waals surface area contributed by atoms with Crippen molar-refractivity contribution in [2.24, 2.45) is 5.73 Å². The van der Waals surface area contributed by atoms with Gasteiger partial charge in [-0.05, 0) is 19.3 Å². The van der Waals surface area contributed by atoms with Gasteiger partial charge in [0.25, 0.3) is 0 Å². The maximum absolute atomic E-state index is 12.2. The summed E-state index contributed by atoms with van der Waals surface area (Å²) >= 11 is 2.95. The number of allylic oxidation sites excluding steroid dienone is 2. The second-order valence-electron chi connectivity index (χ2n) is 5.21. The number of nitrogens with one attached hydrogen (secondary N) is 1. The Morgan fingerprint density at radius 1 is 1.17 bits per heavy atom. The lowest BCUT2D eigenvalue weighted by atomic mass is 9.95. The molecule has 1 fully saturated rings. The molecule has 0 bridgehead atoms. The number of hydrogen-bond acceptors (Lipinski definition) is 3. The highest BCUT2D eigenvalue weighted by Gasteiger charge is 2.43. The Balaban J connectivity index is 0.000000253. The second-order valence-corrected chi connectivity index (χ2v) is 6.31. The molecule has 3 nitrogen and oxygen atoms in total. The van der Waals surface area contributed by atoms with Gasteiger partial charge >= 0.3 is 6.18 Å². The quantitative estimate of drug-likeness (QED) is 0.394. The first-order valence-electron chi connectivity index (χ1n) is 6.72. The Bertz CT molecular complexity index is 497. The van der Waals surface area contributed by atoms with Crippen molar-refractivity contribution in [3.05, 3.63) is 11.3 Å². The maximum Gasteiger partial charge on any atom is 0.433 e. The van der Waals surface area contributed by atoms with Crippen LogP contribution in [0.3, 0.4) is 0 Å². The lowest BCUT2D eigenvalue weighted by Gasteiger charge is -2.22. The predicted molar refractivity (Wildman–Crippen MR) is 75.9 cm³/mol. The van der Waals surface area contributed by atoms with Gasteiger partial charge in [-0.15, -0.1) is 0 Å². The van der Waals surface area contributed by atoms with Crippen molar-refractivity contribution >= 4 is 27.4 Å². The molecular formula is C13H15BrF6N2O. The number of ketones is 1. The molecule has 3 N–H and O–H groups in total. The topological polar surface area (TPSA) is 66.9 Å². The van der Waals surface area contributed by atoms with Crippen LogP contribution in [0.4, 0.5) is 26.3 Å². The zero-order chi connectivity index (χ0) is 17.9. The highest BCUT2D eigenvalue weighted by atomic mass is 79.9. The Morgan fingerprint density at radius 3 is 1.96 bits per heavy atom. The van der Waals surface area contributed by atoms with Crippen LogP contribution < -0.4 is 5.73 Å². The van der Waals surface area contributed by atoms with Gasteiger partial charge in [-0.25, -0.2) is 13.2 Å². The van der Waals surface area contributed by atoms with E-state index in [9.17, 15) is 31.1 Å². The van der Waals surface area contributed by atoms with E-state index >= 15 is 0 Å². The zero-order valence-corrected chi connectivity index (χ0v) is 13.4. The van der Waals surface area contributed by atoms with Gasteiger partial charge < -0.3 is 5.73 Å². The molecule has 0 amide bonds. The van der Waals surface area contributed by atoms with E-state index < -0.39 is 46.6 Å². The molecule has 23 heavy (non-hydrogen) atoms. The molecule has 3 unspecified atom stereocenters. The number of alkyl halides is 7. The normalized spacial score (nSPS) is 31.7. The molecule has 0 spiro atoms. The summed E-state index contributed by atoms with van der Waals surface area (Å²) in [5, 5.41) is 6.78. The number of carbonyl (C=O) groups is 1. The molecule has 3 atom stereocenters. The third kappa shape index (κ3) is 4.95. The number of Topliss-reactive ketones (excluding diaryl/α,β-unsaturated/α-hetero) is 1. The Hall–Kier alpha value is -1.06. The average molecular weight is 409 g/mol. The van der Waals surface area contributed by atoms with Crippen molar-refractivity contribution in [2.75, 3.05) is 0 Å². The van der Waals surface area contributed by atoms with Crippen LogP contribution in [0.1, 0.15) is 25.7 Å². The van der Waals surface area contributed by atoms with Crippen LogP contribution in [-0.2, 0) is 4.79 Å². The van der Waals surface area contributed by atoms with E-state index in [0.29, 0.717) is 6.42 Å². The van der Waals surface area contributed by atoms with E-state index in [1.807, 2.05) is 0 Å². The number of nitrogens with two attached hydrogens (primary N) is 1. The summed E-state index contributed by atoms with van der Waals surface area (Å²) in [5.41, 5.74) is 2.70. The maximum atomic E-state index is 12.2. The SMILES string of the molecule is FC1CCCC(F)C1F.N=C(C1=C(N)C(Br)CC1=O)C(F)(F)F. The van der Waals surface area contributed by atoms with E-state index in [-0.39, 0.29) is 25.0 Å². The summed E-state index contributed by atoms with van der Waals surface area (Å²) in [7, 11) is 0. The summed E-state index contributed by atoms with van der Waals surface area (Å²) in [5.74, 6) is -0.744. The third-order valence-corrected chi connectivity index (χ3v) is 4.27. The molecule has 0 aromatic carbocycles. The molecule has 132 valence electrons. The van der Waals surface area contributed by atoms with Crippen molar-refractivity contribution in [1.82, 2.24) is 0 Å². The summed E-state index contributed by atoms with van der Waals surface area (Å²) < 4.78 is 72.9. The Morgan fingerprint density at radius 2 is 1.65 bits per heavy atom. The first-order chi connectivity index (χ1) is 10.5. The molecule has 2 rings (SSSR count). The third-order valence-electron chi connectivity index (χ3n) is 3.45. The minimum atomic E-state index is -4.83. The van der Waals surface area contributed by atoms with E-state index in [1.165, 1.54) is 0 Å². The fourth-order valence-corrected chi connectivity index (χ4v) is 2.69. The van der Waals surface area contributed by atoms with Crippen LogP contribution in [0.15, 0.2) is 11.3 Å². The predicted octanol–water partition coefficient (Wildman–Crippen LogP) is 3.70. The lowest BCUT2D eigenvalue weighted by molar-refractivity contribution is -0.115. The van der Waals surface area contributed by atoms with Crippen LogP contribution in [0.5, 0.6) is 0 Å². The second kappa shape index (κ2) is 7.67. The van der Waals surface area contributed by atoms with Gasteiger partial charge in [0.05, 0.1) is 10.4 Å². The molecule has 2 aliphatic carbocycles. The van der Waals surface area contributed by atoms with Crippen molar-refractivity contribution in [1.29, 1.82) is 5.41 Å². The van der Waals surface area contributed by atoms with Gasteiger partial charge in [0.1, 0.15) is 18.1 Å². The monoisotopic (exact) mass is 408 g/mol. The van der Waals surface area contributed by atoms with Gasteiger partial charge in [0.2, 0.25) is 0 Å². The number of halogens is 7. The largest absolute Gasteiger partial charge is 0.433 e. The van der Waals surface area contributed by atoms with E-state index in [1.54, 1.807) is 0 Å². The molecule has 1 saturated carbocycles. The van der Waals surface area contributed by atoms with Crippen molar-refractivity contribution < 1.29 is 31.1 Å². The van der Waals surface area contributed by atoms with Crippen LogP contribution in [0, 0.1) is 5.41 Å². The highest BCUT2D eigenvalue weighted by Crippen LogP contribution is 2.31. The van der Waals surface area contributed by atoms with Crippen molar-refractivity contribution in [3.8, 4) is 0 Å². The first-order valence-corrected chi connectivity index (χ1v) is 7.63. The lowest BCUT2D eigenvalue weighted by Crippen LogP contribution is -2.32. The zero-order valence-electron chi connectivity index (χ0n) is 11.8. The van der Waals surface area contributed by atoms with Gasteiger partial charge in [-0.1, -0.05) is 15.9 Å². The molecule has 0 aliphatic heterocycles. The molecule has 0 aromatic rings. The van der Waals surface area contributed by atoms with Gasteiger partial charge in [0.15, 0.2) is 12.0 Å². The Labute approximate surface area is 136 Å². The number of rotatable bonds is 1. The molecule has 10 heteroatoms. The van der Waals surface area contributed by atoms with Gasteiger partial charge in [-0.2, -0.15) is 13.2 Å². The van der Waals surface area contributed by atoms with Crippen LogP contribution in [0.2, 0.25) is 0 Å². The standard InChI is InChI=1S/C7H6BrF3N2O.C6H9F3/c8-2-1-3(14)4(5(2)12)6(13)7(9,10)11;7-4-2-1-3-5(8)6(4)9/h2,13H,1,12H2;4-6H,1-3H2. The van der Waals surface area contributed by atoms with E-state index in [4.69, 9.17) is 11.1 Å². The minimum Gasteiger partial charge on any atom is -0.400 e. The first kappa shape index (κ1) is 20.0. The van der Waals surface area contributed by atoms with Crippen LogP contribution in [-0.4, -0.2) is 41.0 Å². The number of carbonyl (C=O) groups excluding carboxylic acids is 1. The smallest absolute Gasteiger partial charge is 0.400 e. The molecular weight excluding hydrogens is 394 g/mol.